The number of carbonyl (C=O) groups excluding carboxylic acids is 1. The van der Waals surface area contributed by atoms with Crippen molar-refractivity contribution in [3.8, 4) is 0 Å². The van der Waals surface area contributed by atoms with E-state index in [1.54, 1.807) is 6.92 Å². The number of aliphatic hydroxyl groups is 1. The molecular formula is C10H14N2O5. The van der Waals surface area contributed by atoms with Crippen LogP contribution >= 0.6 is 0 Å². The number of carbonyl (C=O) groups is 1. The Morgan fingerprint density at radius 3 is 2.82 bits per heavy atom. The summed E-state index contributed by atoms with van der Waals surface area (Å²) in [5.41, 5.74) is -1.19. The first kappa shape index (κ1) is 13.2. The van der Waals surface area contributed by atoms with Gasteiger partial charge < -0.3 is 9.84 Å². The van der Waals surface area contributed by atoms with Gasteiger partial charge in [0.1, 0.15) is 0 Å². The number of aromatic nitrogens is 2. The summed E-state index contributed by atoms with van der Waals surface area (Å²) in [6.45, 7) is 1.50. The first-order valence-corrected chi connectivity index (χ1v) is 5.16. The zero-order chi connectivity index (χ0) is 12.8. The highest BCUT2D eigenvalue weighted by molar-refractivity contribution is 5.69. The maximum atomic E-state index is 11.4. The molecule has 17 heavy (non-hydrogen) atoms. The molecule has 7 heteroatoms. The van der Waals surface area contributed by atoms with Gasteiger partial charge in [-0.3, -0.25) is 19.1 Å². The molecule has 0 spiro atoms. The van der Waals surface area contributed by atoms with Crippen LogP contribution in [0.3, 0.4) is 0 Å². The van der Waals surface area contributed by atoms with Crippen molar-refractivity contribution >= 4 is 5.97 Å². The van der Waals surface area contributed by atoms with Gasteiger partial charge in [0.2, 0.25) is 0 Å². The standard InChI is InChI=1S/C10H14N2O5/c1-2-17-9(15)5-7(6-13)12-4-3-8(14)11-10(12)16/h3-4,7,13H,2,5-6H2,1H3,(H,11,14,16). The van der Waals surface area contributed by atoms with Crippen molar-refractivity contribution < 1.29 is 14.6 Å². The monoisotopic (exact) mass is 242 g/mol. The zero-order valence-corrected chi connectivity index (χ0v) is 9.38. The van der Waals surface area contributed by atoms with Crippen LogP contribution in [-0.4, -0.2) is 33.8 Å². The fourth-order valence-corrected chi connectivity index (χ4v) is 1.38. The summed E-state index contributed by atoms with van der Waals surface area (Å²) in [5, 5.41) is 9.13. The van der Waals surface area contributed by atoms with E-state index in [1.807, 2.05) is 4.98 Å². The zero-order valence-electron chi connectivity index (χ0n) is 9.38. The molecule has 0 radical (unpaired) electrons. The van der Waals surface area contributed by atoms with Gasteiger partial charge in [-0.15, -0.1) is 0 Å². The quantitative estimate of drug-likeness (QED) is 0.646. The second kappa shape index (κ2) is 6.00. The first-order valence-electron chi connectivity index (χ1n) is 5.16. The van der Waals surface area contributed by atoms with E-state index in [-0.39, 0.29) is 13.0 Å². The molecule has 1 atom stereocenters. The number of esters is 1. The minimum absolute atomic E-state index is 0.129. The topological polar surface area (TPSA) is 101 Å². The smallest absolute Gasteiger partial charge is 0.328 e. The summed E-state index contributed by atoms with van der Waals surface area (Å²) in [6, 6.07) is 0.410. The lowest BCUT2D eigenvalue weighted by Gasteiger charge is -2.15. The lowest BCUT2D eigenvalue weighted by molar-refractivity contribution is -0.144. The molecule has 1 heterocycles. The second-order valence-corrected chi connectivity index (χ2v) is 3.36. The average molecular weight is 242 g/mol. The predicted octanol–water partition coefficient (Wildman–Crippen LogP) is -0.977. The van der Waals surface area contributed by atoms with E-state index in [1.165, 1.54) is 6.20 Å². The molecule has 0 aromatic carbocycles. The summed E-state index contributed by atoms with van der Waals surface area (Å²) in [4.78, 5) is 35.6. The van der Waals surface area contributed by atoms with Crippen LogP contribution in [0.5, 0.6) is 0 Å². The summed E-state index contributed by atoms with van der Waals surface area (Å²) in [6.07, 6.45) is 1.11. The summed E-state index contributed by atoms with van der Waals surface area (Å²) in [5.74, 6) is -0.510. The molecule has 0 bridgehead atoms. The number of nitrogens with one attached hydrogen (secondary N) is 1. The average Bonchev–Trinajstić information content (AvgIpc) is 2.27. The number of hydrogen-bond acceptors (Lipinski definition) is 5. The number of ether oxygens (including phenoxy) is 1. The molecular weight excluding hydrogens is 228 g/mol. The van der Waals surface area contributed by atoms with Crippen LogP contribution in [0.25, 0.3) is 0 Å². The van der Waals surface area contributed by atoms with Gasteiger partial charge in [-0.25, -0.2) is 4.79 Å². The normalized spacial score (nSPS) is 12.1. The third-order valence-corrected chi connectivity index (χ3v) is 2.16. The highest BCUT2D eigenvalue weighted by Crippen LogP contribution is 2.08. The third kappa shape index (κ3) is 3.56. The van der Waals surface area contributed by atoms with Gasteiger partial charge in [-0.2, -0.15) is 0 Å². The SMILES string of the molecule is CCOC(=O)CC(CO)n1ccc(=O)[nH]c1=O. The molecule has 0 saturated carbocycles. The van der Waals surface area contributed by atoms with Crippen molar-refractivity contribution in [1.29, 1.82) is 0 Å². The van der Waals surface area contributed by atoms with Crippen LogP contribution in [0.2, 0.25) is 0 Å². The molecule has 0 fully saturated rings. The van der Waals surface area contributed by atoms with Crippen LogP contribution in [0.1, 0.15) is 19.4 Å². The lowest BCUT2D eigenvalue weighted by atomic mass is 10.2. The minimum atomic E-state index is -0.738. The number of aromatic amines is 1. The Morgan fingerprint density at radius 2 is 2.29 bits per heavy atom. The molecule has 0 saturated heterocycles. The molecule has 1 unspecified atom stereocenters. The Hall–Kier alpha value is -1.89. The molecule has 1 aromatic rings. The Bertz CT molecular complexity index is 490. The molecule has 0 amide bonds. The van der Waals surface area contributed by atoms with Gasteiger partial charge in [0.05, 0.1) is 25.7 Å². The number of rotatable bonds is 5. The Kier molecular flexibility index (Phi) is 4.65. The predicted molar refractivity (Wildman–Crippen MR) is 58.7 cm³/mol. The lowest BCUT2D eigenvalue weighted by Crippen LogP contribution is -2.34. The van der Waals surface area contributed by atoms with Crippen molar-refractivity contribution in [3.63, 3.8) is 0 Å². The Labute approximate surface area is 96.7 Å². The second-order valence-electron chi connectivity index (χ2n) is 3.36. The van der Waals surface area contributed by atoms with Crippen LogP contribution < -0.4 is 11.2 Å². The van der Waals surface area contributed by atoms with E-state index in [2.05, 4.69) is 0 Å². The van der Waals surface area contributed by atoms with Gasteiger partial charge in [0, 0.05) is 12.3 Å². The van der Waals surface area contributed by atoms with E-state index < -0.39 is 29.9 Å². The number of nitrogens with zero attached hydrogens (tertiary/aromatic N) is 1. The molecule has 2 N–H and O–H groups in total. The minimum Gasteiger partial charge on any atom is -0.466 e. The van der Waals surface area contributed by atoms with Gasteiger partial charge in [0.15, 0.2) is 0 Å². The van der Waals surface area contributed by atoms with Crippen molar-refractivity contribution in [2.75, 3.05) is 13.2 Å². The molecule has 0 aliphatic rings. The fourth-order valence-electron chi connectivity index (χ4n) is 1.38. The third-order valence-electron chi connectivity index (χ3n) is 2.16. The Balaban J connectivity index is 2.90. The van der Waals surface area contributed by atoms with Gasteiger partial charge in [-0.05, 0) is 6.92 Å². The van der Waals surface area contributed by atoms with Crippen molar-refractivity contribution in [1.82, 2.24) is 9.55 Å². The molecule has 0 aliphatic carbocycles. The van der Waals surface area contributed by atoms with Crippen LogP contribution in [0.4, 0.5) is 0 Å². The first-order chi connectivity index (χ1) is 8.08. The largest absolute Gasteiger partial charge is 0.466 e. The highest BCUT2D eigenvalue weighted by Gasteiger charge is 2.16. The maximum absolute atomic E-state index is 11.4. The van der Waals surface area contributed by atoms with Gasteiger partial charge in [0.25, 0.3) is 5.56 Å². The number of aliphatic hydroxyl groups excluding tert-OH is 1. The summed E-state index contributed by atoms with van der Waals surface area (Å²) < 4.78 is 5.82. The number of hydrogen-bond donors (Lipinski definition) is 2. The van der Waals surface area contributed by atoms with Crippen LogP contribution in [0.15, 0.2) is 21.9 Å². The molecule has 1 aromatic heterocycles. The van der Waals surface area contributed by atoms with E-state index in [0.29, 0.717) is 0 Å². The number of H-pyrrole nitrogens is 1. The molecule has 1 rings (SSSR count). The summed E-state index contributed by atoms with van der Waals surface area (Å²) >= 11 is 0. The van der Waals surface area contributed by atoms with Crippen LogP contribution in [0, 0.1) is 0 Å². The van der Waals surface area contributed by atoms with E-state index in [9.17, 15) is 14.4 Å². The van der Waals surface area contributed by atoms with E-state index in [4.69, 9.17) is 9.84 Å². The van der Waals surface area contributed by atoms with Crippen molar-refractivity contribution in [2.45, 2.75) is 19.4 Å². The van der Waals surface area contributed by atoms with Gasteiger partial charge in [-0.1, -0.05) is 0 Å². The van der Waals surface area contributed by atoms with Crippen molar-refractivity contribution in [3.05, 3.63) is 33.1 Å². The molecule has 0 aliphatic heterocycles. The fraction of sp³-hybridized carbons (Fsp3) is 0.500. The Morgan fingerprint density at radius 1 is 1.59 bits per heavy atom. The van der Waals surface area contributed by atoms with E-state index in [0.717, 1.165) is 10.6 Å². The maximum Gasteiger partial charge on any atom is 0.328 e. The molecule has 94 valence electrons. The van der Waals surface area contributed by atoms with Crippen LogP contribution in [-0.2, 0) is 9.53 Å². The summed E-state index contributed by atoms with van der Waals surface area (Å²) in [7, 11) is 0. The highest BCUT2D eigenvalue weighted by atomic mass is 16.5. The van der Waals surface area contributed by atoms with Crippen molar-refractivity contribution in [2.24, 2.45) is 0 Å². The van der Waals surface area contributed by atoms with E-state index >= 15 is 0 Å². The van der Waals surface area contributed by atoms with Gasteiger partial charge >= 0.3 is 11.7 Å². The molecule has 7 nitrogen and oxygen atoms in total.